The number of carbonyl (C=O) groups excluding carboxylic acids is 1. The van der Waals surface area contributed by atoms with E-state index in [-0.39, 0.29) is 5.97 Å². The molecule has 1 N–H and O–H groups in total. The van der Waals surface area contributed by atoms with E-state index in [2.05, 4.69) is 5.32 Å². The van der Waals surface area contributed by atoms with Crippen LogP contribution in [0.3, 0.4) is 0 Å². The molecule has 0 aliphatic heterocycles. The van der Waals surface area contributed by atoms with Gasteiger partial charge in [-0.05, 0) is 44.0 Å². The molecule has 0 fully saturated rings. The molecule has 3 nitrogen and oxygen atoms in total. The average molecular weight is 317 g/mol. The van der Waals surface area contributed by atoms with Gasteiger partial charge in [0, 0.05) is 18.4 Å². The van der Waals surface area contributed by atoms with Gasteiger partial charge in [-0.1, -0.05) is 0 Å². The summed E-state index contributed by atoms with van der Waals surface area (Å²) in [5.74, 6) is -0.0526. The highest BCUT2D eigenvalue weighted by Gasteiger charge is 2.02. The highest BCUT2D eigenvalue weighted by molar-refractivity contribution is 7.99. The molecule has 6 heteroatoms. The smallest absolute Gasteiger partial charge is 0.315 e. The summed E-state index contributed by atoms with van der Waals surface area (Å²) in [6, 6.07) is 3.60. The molecule has 0 saturated heterocycles. The molecule has 21 heavy (non-hydrogen) atoms. The molecule has 0 aromatic heterocycles. The predicted molar refractivity (Wildman–Crippen MR) is 81.5 cm³/mol. The second-order valence-corrected chi connectivity index (χ2v) is 5.59. The molecule has 0 heterocycles. The van der Waals surface area contributed by atoms with E-state index in [4.69, 9.17) is 4.74 Å². The van der Waals surface area contributed by atoms with Gasteiger partial charge in [0.15, 0.2) is 0 Å². The maximum absolute atomic E-state index is 13.0. The predicted octanol–water partition coefficient (Wildman–Crippen LogP) is 2.78. The van der Waals surface area contributed by atoms with Crippen molar-refractivity contribution in [3.05, 3.63) is 35.4 Å². The fourth-order valence-electron chi connectivity index (χ4n) is 1.80. The van der Waals surface area contributed by atoms with Crippen LogP contribution in [0.2, 0.25) is 0 Å². The molecule has 1 aromatic carbocycles. The Morgan fingerprint density at radius 2 is 1.95 bits per heavy atom. The van der Waals surface area contributed by atoms with Crippen LogP contribution in [0.5, 0.6) is 0 Å². The Balaban J connectivity index is 2.01. The van der Waals surface area contributed by atoms with Crippen molar-refractivity contribution in [2.75, 3.05) is 31.2 Å². The molecule has 0 unspecified atom stereocenters. The van der Waals surface area contributed by atoms with E-state index in [0.29, 0.717) is 24.3 Å². The van der Waals surface area contributed by atoms with Crippen molar-refractivity contribution in [1.29, 1.82) is 0 Å². The van der Waals surface area contributed by atoms with Gasteiger partial charge in [-0.25, -0.2) is 8.78 Å². The lowest BCUT2D eigenvalue weighted by Crippen LogP contribution is -2.19. The summed E-state index contributed by atoms with van der Waals surface area (Å²) >= 11 is 1.52. The highest BCUT2D eigenvalue weighted by atomic mass is 32.2. The summed E-state index contributed by atoms with van der Waals surface area (Å²) < 4.78 is 30.7. The van der Waals surface area contributed by atoms with Crippen molar-refractivity contribution < 1.29 is 18.3 Å². The number of halogens is 2. The summed E-state index contributed by atoms with van der Waals surface area (Å²) in [5.41, 5.74) is 0.672. The first-order valence-corrected chi connectivity index (χ1v) is 8.16. The minimum Gasteiger partial charge on any atom is -0.465 e. The molecule has 118 valence electrons. The molecule has 0 amide bonds. The van der Waals surface area contributed by atoms with Crippen LogP contribution in [0, 0.1) is 11.6 Å². The van der Waals surface area contributed by atoms with Gasteiger partial charge in [0.25, 0.3) is 0 Å². The third-order valence-electron chi connectivity index (χ3n) is 2.69. The first kappa shape index (κ1) is 17.9. The van der Waals surface area contributed by atoms with Crippen LogP contribution in [0.25, 0.3) is 0 Å². The zero-order valence-electron chi connectivity index (χ0n) is 12.2. The molecular formula is C15H21F2NO2S. The van der Waals surface area contributed by atoms with Gasteiger partial charge in [-0.2, -0.15) is 0 Å². The van der Waals surface area contributed by atoms with Crippen LogP contribution in [0.15, 0.2) is 18.2 Å². The molecule has 0 bridgehead atoms. The van der Waals surface area contributed by atoms with E-state index >= 15 is 0 Å². The van der Waals surface area contributed by atoms with E-state index < -0.39 is 11.6 Å². The van der Waals surface area contributed by atoms with Gasteiger partial charge in [0.1, 0.15) is 11.6 Å². The van der Waals surface area contributed by atoms with E-state index in [1.54, 1.807) is 6.92 Å². The molecule has 1 rings (SSSR count). The van der Waals surface area contributed by atoms with Gasteiger partial charge in [0.2, 0.25) is 0 Å². The second-order valence-electron chi connectivity index (χ2n) is 4.49. The Hall–Kier alpha value is -1.14. The van der Waals surface area contributed by atoms with Gasteiger partial charge in [-0.15, -0.1) is 11.8 Å². The summed E-state index contributed by atoms with van der Waals surface area (Å²) in [4.78, 5) is 11.1. The maximum Gasteiger partial charge on any atom is 0.315 e. The zero-order valence-corrected chi connectivity index (χ0v) is 13.0. The average Bonchev–Trinajstić information content (AvgIpc) is 2.41. The number of rotatable bonds is 10. The third kappa shape index (κ3) is 8.67. The molecule has 0 spiro atoms. The van der Waals surface area contributed by atoms with Crippen LogP contribution in [0.4, 0.5) is 8.78 Å². The van der Waals surface area contributed by atoms with Crippen molar-refractivity contribution in [3.63, 3.8) is 0 Å². The Bertz CT molecular complexity index is 423. The number of hydrogen-bond acceptors (Lipinski definition) is 4. The molecule has 1 aromatic rings. The summed E-state index contributed by atoms with van der Waals surface area (Å²) in [7, 11) is 0. The van der Waals surface area contributed by atoms with Crippen LogP contribution in [0.1, 0.15) is 18.9 Å². The fraction of sp³-hybridized carbons (Fsp3) is 0.533. The minimum atomic E-state index is -0.534. The minimum absolute atomic E-state index is 0.185. The van der Waals surface area contributed by atoms with Crippen LogP contribution in [-0.2, 0) is 16.0 Å². The third-order valence-corrected chi connectivity index (χ3v) is 3.62. The Morgan fingerprint density at radius 1 is 1.24 bits per heavy atom. The Morgan fingerprint density at radius 3 is 2.62 bits per heavy atom. The summed E-state index contributed by atoms with van der Waals surface area (Å²) in [5, 5.41) is 3.23. The normalized spacial score (nSPS) is 10.6. The topological polar surface area (TPSA) is 38.3 Å². The van der Waals surface area contributed by atoms with E-state index in [9.17, 15) is 13.6 Å². The fourth-order valence-corrected chi connectivity index (χ4v) is 2.48. The van der Waals surface area contributed by atoms with Gasteiger partial charge in [-0.3, -0.25) is 4.79 Å². The summed E-state index contributed by atoms with van der Waals surface area (Å²) in [6.07, 6.45) is 1.45. The van der Waals surface area contributed by atoms with Crippen molar-refractivity contribution >= 4 is 17.7 Å². The van der Waals surface area contributed by atoms with Crippen molar-refractivity contribution in [2.24, 2.45) is 0 Å². The van der Waals surface area contributed by atoms with E-state index in [1.807, 2.05) is 0 Å². The number of nitrogens with one attached hydrogen (secondary N) is 1. The summed E-state index contributed by atoms with van der Waals surface area (Å²) in [6.45, 7) is 3.77. The Labute approximate surface area is 128 Å². The van der Waals surface area contributed by atoms with Crippen LogP contribution >= 0.6 is 11.8 Å². The van der Waals surface area contributed by atoms with Crippen molar-refractivity contribution in [2.45, 2.75) is 19.8 Å². The first-order chi connectivity index (χ1) is 10.1. The van der Waals surface area contributed by atoms with Gasteiger partial charge in [0.05, 0.1) is 12.4 Å². The maximum atomic E-state index is 13.0. The molecule has 0 radical (unpaired) electrons. The molecular weight excluding hydrogens is 296 g/mol. The zero-order chi connectivity index (χ0) is 15.5. The molecule has 0 atom stereocenters. The number of ether oxygens (including phenoxy) is 1. The molecule has 0 aliphatic rings. The standard InChI is InChI=1S/C15H21F2NO2S/c1-2-20-15(19)11-21-7-6-18-5-3-4-12-8-13(16)10-14(17)9-12/h8-10,18H,2-7,11H2,1H3. The number of hydrogen-bond donors (Lipinski definition) is 1. The number of thioether (sulfide) groups is 1. The van der Waals surface area contributed by atoms with Gasteiger partial charge >= 0.3 is 5.97 Å². The highest BCUT2D eigenvalue weighted by Crippen LogP contribution is 2.09. The lowest BCUT2D eigenvalue weighted by atomic mass is 10.1. The lowest BCUT2D eigenvalue weighted by molar-refractivity contribution is -0.139. The second kappa shape index (κ2) is 10.6. The SMILES string of the molecule is CCOC(=O)CSCCNCCCc1cc(F)cc(F)c1. The number of aryl methyl sites for hydroxylation is 1. The van der Waals surface area contributed by atoms with Crippen molar-refractivity contribution in [1.82, 2.24) is 5.32 Å². The Kier molecular flexibility index (Phi) is 9.01. The van der Waals surface area contributed by atoms with Gasteiger partial charge < -0.3 is 10.1 Å². The van der Waals surface area contributed by atoms with Crippen LogP contribution in [-0.4, -0.2) is 37.2 Å². The largest absolute Gasteiger partial charge is 0.465 e. The number of carbonyl (C=O) groups is 1. The number of benzene rings is 1. The monoisotopic (exact) mass is 317 g/mol. The lowest BCUT2D eigenvalue weighted by Gasteiger charge is -2.05. The quantitative estimate of drug-likeness (QED) is 0.532. The first-order valence-electron chi connectivity index (χ1n) is 7.01. The van der Waals surface area contributed by atoms with Crippen LogP contribution < -0.4 is 5.32 Å². The van der Waals surface area contributed by atoms with E-state index in [1.165, 1.54) is 23.9 Å². The van der Waals surface area contributed by atoms with Crippen molar-refractivity contribution in [3.8, 4) is 0 Å². The molecule has 0 saturated carbocycles. The van der Waals surface area contributed by atoms with E-state index in [0.717, 1.165) is 31.3 Å². The number of esters is 1. The molecule has 0 aliphatic carbocycles.